The zero-order valence-electron chi connectivity index (χ0n) is 12.6. The zero-order chi connectivity index (χ0) is 14.8. The third-order valence-electron chi connectivity index (χ3n) is 3.12. The second kappa shape index (κ2) is 5.75. The van der Waals surface area contributed by atoms with Crippen LogP contribution >= 0.6 is 0 Å². The molecule has 0 amide bonds. The van der Waals surface area contributed by atoms with Gasteiger partial charge in [0.05, 0.1) is 0 Å². The van der Waals surface area contributed by atoms with Gasteiger partial charge in [-0.2, -0.15) is 4.52 Å². The second-order valence-corrected chi connectivity index (χ2v) is 6.17. The lowest BCUT2D eigenvalue weighted by molar-refractivity contribution is 0.282. The summed E-state index contributed by atoms with van der Waals surface area (Å²) in [6.07, 6.45) is 1.70. The van der Waals surface area contributed by atoms with Crippen molar-refractivity contribution in [2.24, 2.45) is 0 Å². The van der Waals surface area contributed by atoms with E-state index in [1.807, 2.05) is 12.1 Å². The predicted molar refractivity (Wildman–Crippen MR) is 78.9 cm³/mol. The van der Waals surface area contributed by atoms with E-state index in [1.165, 1.54) is 0 Å². The Morgan fingerprint density at radius 2 is 2.05 bits per heavy atom. The maximum atomic E-state index is 8.86. The van der Waals surface area contributed by atoms with E-state index in [0.717, 1.165) is 30.1 Å². The Balaban J connectivity index is 2.24. The number of aliphatic hydroxyl groups is 1. The van der Waals surface area contributed by atoms with Gasteiger partial charge in [-0.05, 0) is 31.9 Å². The summed E-state index contributed by atoms with van der Waals surface area (Å²) >= 11 is 0. The number of hydrogen-bond acceptors (Lipinski definition) is 5. The molecule has 0 aliphatic carbocycles. The molecule has 2 aromatic heterocycles. The first-order chi connectivity index (χ1) is 9.41. The molecule has 0 aliphatic heterocycles. The van der Waals surface area contributed by atoms with Gasteiger partial charge in [-0.25, -0.2) is 0 Å². The highest BCUT2D eigenvalue weighted by atomic mass is 16.2. The van der Waals surface area contributed by atoms with Crippen LogP contribution in [0.5, 0.6) is 0 Å². The monoisotopic (exact) mass is 277 g/mol. The van der Waals surface area contributed by atoms with Crippen molar-refractivity contribution in [3.05, 3.63) is 18.0 Å². The molecule has 0 radical (unpaired) electrons. The van der Waals surface area contributed by atoms with Crippen molar-refractivity contribution in [2.75, 3.05) is 11.9 Å². The van der Waals surface area contributed by atoms with Crippen LogP contribution < -0.4 is 5.32 Å². The molecule has 2 heterocycles. The van der Waals surface area contributed by atoms with Crippen molar-refractivity contribution in [3.8, 4) is 0 Å². The molecular weight excluding hydrogens is 254 g/mol. The van der Waals surface area contributed by atoms with Crippen LogP contribution in [-0.4, -0.2) is 37.6 Å². The molecular formula is C14H23N5O. The Morgan fingerprint density at radius 1 is 1.30 bits per heavy atom. The first-order valence-electron chi connectivity index (χ1n) is 7.02. The molecule has 1 atom stereocenters. The molecule has 2 aromatic rings. The van der Waals surface area contributed by atoms with Gasteiger partial charge in [0.15, 0.2) is 11.5 Å². The number of nitrogens with zero attached hydrogens (tertiary/aromatic N) is 4. The van der Waals surface area contributed by atoms with Gasteiger partial charge in [-0.15, -0.1) is 15.3 Å². The van der Waals surface area contributed by atoms with E-state index in [-0.39, 0.29) is 18.1 Å². The first-order valence-corrected chi connectivity index (χ1v) is 7.02. The Morgan fingerprint density at radius 3 is 2.70 bits per heavy atom. The van der Waals surface area contributed by atoms with Gasteiger partial charge in [0.1, 0.15) is 5.82 Å². The molecule has 1 unspecified atom stereocenters. The Labute approximate surface area is 119 Å². The molecule has 2 N–H and O–H groups in total. The van der Waals surface area contributed by atoms with Crippen LogP contribution in [0.4, 0.5) is 5.82 Å². The van der Waals surface area contributed by atoms with Gasteiger partial charge in [0.2, 0.25) is 0 Å². The normalized spacial score (nSPS) is 13.7. The topological polar surface area (TPSA) is 75.3 Å². The number of anilines is 1. The van der Waals surface area contributed by atoms with Crippen molar-refractivity contribution in [2.45, 2.75) is 52.0 Å². The Bertz CT molecular complexity index is 572. The quantitative estimate of drug-likeness (QED) is 0.874. The highest BCUT2D eigenvalue weighted by molar-refractivity contribution is 5.44. The summed E-state index contributed by atoms with van der Waals surface area (Å²) in [6, 6.07) is 4.09. The van der Waals surface area contributed by atoms with E-state index < -0.39 is 0 Å². The first kappa shape index (κ1) is 14.7. The van der Waals surface area contributed by atoms with Gasteiger partial charge in [0, 0.05) is 18.1 Å². The van der Waals surface area contributed by atoms with E-state index >= 15 is 0 Å². The summed E-state index contributed by atoms with van der Waals surface area (Å²) in [5, 5.41) is 25.1. The average molecular weight is 277 g/mol. The number of aromatic nitrogens is 4. The number of rotatable bonds is 5. The number of aliphatic hydroxyl groups excluding tert-OH is 1. The fraction of sp³-hybridized carbons (Fsp3) is 0.643. The summed E-state index contributed by atoms with van der Waals surface area (Å²) in [4.78, 5) is 0. The number of fused-ring (bicyclic) bond motifs is 1. The van der Waals surface area contributed by atoms with Crippen molar-refractivity contribution in [3.63, 3.8) is 0 Å². The van der Waals surface area contributed by atoms with Crippen molar-refractivity contribution in [1.82, 2.24) is 19.8 Å². The van der Waals surface area contributed by atoms with E-state index in [9.17, 15) is 0 Å². The lowest BCUT2D eigenvalue weighted by Gasteiger charge is -2.16. The smallest absolute Gasteiger partial charge is 0.178 e. The van der Waals surface area contributed by atoms with Gasteiger partial charge in [-0.1, -0.05) is 20.8 Å². The van der Waals surface area contributed by atoms with E-state index in [1.54, 1.807) is 4.52 Å². The van der Waals surface area contributed by atoms with Crippen LogP contribution in [0.25, 0.3) is 5.65 Å². The fourth-order valence-corrected chi connectivity index (χ4v) is 2.06. The molecule has 110 valence electrons. The summed E-state index contributed by atoms with van der Waals surface area (Å²) in [5.74, 6) is 1.65. The van der Waals surface area contributed by atoms with E-state index in [0.29, 0.717) is 0 Å². The van der Waals surface area contributed by atoms with Crippen LogP contribution in [0.1, 0.15) is 46.4 Å². The standard InChI is InChI=1S/C14H23N5O/c1-10(6-5-9-20)15-11-7-8-12-16-17-13(14(2,3)4)19(12)18-11/h7-8,10,20H,5-6,9H2,1-4H3,(H,15,18). The minimum absolute atomic E-state index is 0.104. The lowest BCUT2D eigenvalue weighted by atomic mass is 9.96. The Kier molecular flexibility index (Phi) is 4.23. The van der Waals surface area contributed by atoms with Gasteiger partial charge >= 0.3 is 0 Å². The van der Waals surface area contributed by atoms with Crippen molar-refractivity contribution >= 4 is 11.5 Å². The third kappa shape index (κ3) is 3.25. The maximum Gasteiger partial charge on any atom is 0.178 e. The molecule has 6 heteroatoms. The summed E-state index contributed by atoms with van der Waals surface area (Å²) < 4.78 is 1.79. The highest BCUT2D eigenvalue weighted by Crippen LogP contribution is 2.20. The molecule has 20 heavy (non-hydrogen) atoms. The molecule has 2 rings (SSSR count). The molecule has 6 nitrogen and oxygen atoms in total. The van der Waals surface area contributed by atoms with Crippen molar-refractivity contribution in [1.29, 1.82) is 0 Å². The fourth-order valence-electron chi connectivity index (χ4n) is 2.06. The molecule has 0 saturated heterocycles. The van der Waals surface area contributed by atoms with Crippen LogP contribution in [-0.2, 0) is 5.41 Å². The van der Waals surface area contributed by atoms with Gasteiger partial charge in [-0.3, -0.25) is 0 Å². The second-order valence-electron chi connectivity index (χ2n) is 6.17. The maximum absolute atomic E-state index is 8.86. The number of hydrogen-bond donors (Lipinski definition) is 2. The van der Waals surface area contributed by atoms with Crippen molar-refractivity contribution < 1.29 is 5.11 Å². The Hall–Kier alpha value is -1.69. The molecule has 0 aromatic carbocycles. The van der Waals surface area contributed by atoms with E-state index in [2.05, 4.69) is 48.3 Å². The summed E-state index contributed by atoms with van der Waals surface area (Å²) in [7, 11) is 0. The average Bonchev–Trinajstić information content (AvgIpc) is 2.79. The molecule has 0 aliphatic rings. The molecule has 0 saturated carbocycles. The van der Waals surface area contributed by atoms with Crippen LogP contribution in [0, 0.1) is 0 Å². The van der Waals surface area contributed by atoms with Gasteiger partial charge in [0.25, 0.3) is 0 Å². The predicted octanol–water partition coefficient (Wildman–Crippen LogP) is 1.99. The molecule has 0 fully saturated rings. The minimum atomic E-state index is -0.104. The van der Waals surface area contributed by atoms with Gasteiger partial charge < -0.3 is 10.4 Å². The highest BCUT2D eigenvalue weighted by Gasteiger charge is 2.21. The summed E-state index contributed by atoms with van der Waals surface area (Å²) in [6.45, 7) is 8.58. The third-order valence-corrected chi connectivity index (χ3v) is 3.12. The van der Waals surface area contributed by atoms with Crippen LogP contribution in [0.2, 0.25) is 0 Å². The molecule has 0 spiro atoms. The molecule has 0 bridgehead atoms. The SMILES string of the molecule is CC(CCCO)Nc1ccc2nnc(C(C)(C)C)n2n1. The number of nitrogens with one attached hydrogen (secondary N) is 1. The van der Waals surface area contributed by atoms with Crippen LogP contribution in [0.3, 0.4) is 0 Å². The van der Waals surface area contributed by atoms with E-state index in [4.69, 9.17) is 5.11 Å². The zero-order valence-corrected chi connectivity index (χ0v) is 12.6. The lowest BCUT2D eigenvalue weighted by Crippen LogP contribution is -2.20. The minimum Gasteiger partial charge on any atom is -0.396 e. The largest absolute Gasteiger partial charge is 0.396 e. The summed E-state index contributed by atoms with van der Waals surface area (Å²) in [5.41, 5.74) is 0.650. The van der Waals surface area contributed by atoms with Crippen LogP contribution in [0.15, 0.2) is 12.1 Å².